The summed E-state index contributed by atoms with van der Waals surface area (Å²) in [6.07, 6.45) is 5.79. The summed E-state index contributed by atoms with van der Waals surface area (Å²) < 4.78 is 5.22. The monoisotopic (exact) mass is 242 g/mol. The standard InChI is InChI=1S/C16H18O2/c1-11-15(17)13-10-12(18-2)6-7-14(13)16(11)8-4-3-5-9-16/h6-7,10H,1,3-5,8-9H2,2H3. The van der Waals surface area contributed by atoms with Crippen LogP contribution >= 0.6 is 0 Å². The van der Waals surface area contributed by atoms with E-state index < -0.39 is 0 Å². The Balaban J connectivity index is 2.15. The molecule has 1 spiro atoms. The Bertz CT molecular complexity index is 522. The predicted octanol–water partition coefficient (Wildman–Crippen LogP) is 3.65. The third kappa shape index (κ3) is 1.38. The number of hydrogen-bond acceptors (Lipinski definition) is 2. The highest BCUT2D eigenvalue weighted by molar-refractivity contribution is 6.15. The van der Waals surface area contributed by atoms with Crippen LogP contribution in [0.2, 0.25) is 0 Å². The highest BCUT2D eigenvalue weighted by Gasteiger charge is 2.47. The second kappa shape index (κ2) is 3.98. The van der Waals surface area contributed by atoms with Gasteiger partial charge in [-0.15, -0.1) is 0 Å². The van der Waals surface area contributed by atoms with E-state index in [1.165, 1.54) is 24.8 Å². The third-order valence-electron chi connectivity index (χ3n) is 4.55. The van der Waals surface area contributed by atoms with Gasteiger partial charge in [0.15, 0.2) is 5.78 Å². The molecule has 0 N–H and O–H groups in total. The first kappa shape index (κ1) is 11.5. The van der Waals surface area contributed by atoms with Crippen molar-refractivity contribution in [1.82, 2.24) is 0 Å². The fourth-order valence-electron chi connectivity index (χ4n) is 3.52. The van der Waals surface area contributed by atoms with E-state index in [-0.39, 0.29) is 11.2 Å². The van der Waals surface area contributed by atoms with Crippen molar-refractivity contribution in [2.45, 2.75) is 37.5 Å². The first-order chi connectivity index (χ1) is 8.69. The molecule has 1 fully saturated rings. The molecule has 0 aliphatic heterocycles. The molecule has 18 heavy (non-hydrogen) atoms. The van der Waals surface area contributed by atoms with E-state index in [4.69, 9.17) is 4.74 Å². The predicted molar refractivity (Wildman–Crippen MR) is 71.2 cm³/mol. The molecule has 0 unspecified atom stereocenters. The molecular weight excluding hydrogens is 224 g/mol. The van der Waals surface area contributed by atoms with Crippen LogP contribution in [0.15, 0.2) is 30.4 Å². The number of carbonyl (C=O) groups excluding carboxylic acids is 1. The minimum Gasteiger partial charge on any atom is -0.497 e. The summed E-state index contributed by atoms with van der Waals surface area (Å²) in [5, 5.41) is 0. The van der Waals surface area contributed by atoms with Crippen LogP contribution in [0.1, 0.15) is 48.0 Å². The number of Topliss-reactive ketones (excluding diaryl/α,β-unsaturated/α-hetero) is 1. The molecule has 0 saturated heterocycles. The lowest BCUT2D eigenvalue weighted by atomic mass is 9.68. The zero-order valence-electron chi connectivity index (χ0n) is 10.8. The van der Waals surface area contributed by atoms with E-state index >= 15 is 0 Å². The molecule has 1 saturated carbocycles. The Kier molecular flexibility index (Phi) is 2.54. The van der Waals surface area contributed by atoms with Crippen LogP contribution in [0.3, 0.4) is 0 Å². The maximum Gasteiger partial charge on any atom is 0.189 e. The Hall–Kier alpha value is -1.57. The van der Waals surface area contributed by atoms with Crippen LogP contribution in [0.5, 0.6) is 5.75 Å². The topological polar surface area (TPSA) is 26.3 Å². The van der Waals surface area contributed by atoms with E-state index in [0.29, 0.717) is 0 Å². The second-order valence-corrected chi connectivity index (χ2v) is 5.36. The molecule has 2 heteroatoms. The Morgan fingerprint density at radius 1 is 1.22 bits per heavy atom. The number of fused-ring (bicyclic) bond motifs is 2. The van der Waals surface area contributed by atoms with E-state index in [2.05, 4.69) is 12.6 Å². The number of carbonyl (C=O) groups is 1. The summed E-state index contributed by atoms with van der Waals surface area (Å²) in [4.78, 5) is 12.4. The van der Waals surface area contributed by atoms with Crippen molar-refractivity contribution in [2.24, 2.45) is 0 Å². The molecule has 0 heterocycles. The number of benzene rings is 1. The molecule has 1 aromatic carbocycles. The van der Waals surface area contributed by atoms with Gasteiger partial charge in [-0.1, -0.05) is 31.9 Å². The van der Waals surface area contributed by atoms with E-state index in [1.807, 2.05) is 12.1 Å². The number of hydrogen-bond donors (Lipinski definition) is 0. The van der Waals surface area contributed by atoms with Gasteiger partial charge in [0.25, 0.3) is 0 Å². The number of rotatable bonds is 1. The minimum atomic E-state index is -0.0725. The summed E-state index contributed by atoms with van der Waals surface area (Å²) in [5.41, 5.74) is 2.71. The quantitative estimate of drug-likeness (QED) is 0.703. The highest BCUT2D eigenvalue weighted by Crippen LogP contribution is 2.51. The van der Waals surface area contributed by atoms with Gasteiger partial charge < -0.3 is 4.74 Å². The van der Waals surface area contributed by atoms with Gasteiger partial charge in [0.05, 0.1) is 7.11 Å². The average Bonchev–Trinajstić information content (AvgIpc) is 2.63. The second-order valence-electron chi connectivity index (χ2n) is 5.36. The maximum atomic E-state index is 12.4. The number of ether oxygens (including phenoxy) is 1. The molecular formula is C16H18O2. The smallest absolute Gasteiger partial charge is 0.189 e. The number of methoxy groups -OCH3 is 1. The van der Waals surface area contributed by atoms with E-state index in [0.717, 1.165) is 29.7 Å². The molecule has 2 nitrogen and oxygen atoms in total. The van der Waals surface area contributed by atoms with Gasteiger partial charge in [0, 0.05) is 16.6 Å². The SMILES string of the molecule is C=C1C(=O)c2cc(OC)ccc2C12CCCCC2. The van der Waals surface area contributed by atoms with Gasteiger partial charge in [-0.05, 0) is 30.5 Å². The fraction of sp³-hybridized carbons (Fsp3) is 0.438. The van der Waals surface area contributed by atoms with Gasteiger partial charge >= 0.3 is 0 Å². The highest BCUT2D eigenvalue weighted by atomic mass is 16.5. The molecule has 3 rings (SSSR count). The van der Waals surface area contributed by atoms with Crippen LogP contribution in [0.4, 0.5) is 0 Å². The zero-order valence-corrected chi connectivity index (χ0v) is 10.8. The fourth-order valence-corrected chi connectivity index (χ4v) is 3.52. The van der Waals surface area contributed by atoms with Crippen molar-refractivity contribution in [2.75, 3.05) is 7.11 Å². The van der Waals surface area contributed by atoms with Gasteiger partial charge in [0.1, 0.15) is 5.75 Å². The first-order valence-corrected chi connectivity index (χ1v) is 6.62. The van der Waals surface area contributed by atoms with Crippen LogP contribution in [-0.2, 0) is 5.41 Å². The van der Waals surface area contributed by atoms with Crippen LogP contribution in [-0.4, -0.2) is 12.9 Å². The van der Waals surface area contributed by atoms with Crippen molar-refractivity contribution in [3.63, 3.8) is 0 Å². The maximum absolute atomic E-state index is 12.4. The first-order valence-electron chi connectivity index (χ1n) is 6.62. The molecule has 0 atom stereocenters. The van der Waals surface area contributed by atoms with Gasteiger partial charge in [-0.25, -0.2) is 0 Å². The molecule has 94 valence electrons. The van der Waals surface area contributed by atoms with E-state index in [1.54, 1.807) is 7.11 Å². The summed E-state index contributed by atoms with van der Waals surface area (Å²) >= 11 is 0. The Labute approximate surface area is 108 Å². The summed E-state index contributed by atoms with van der Waals surface area (Å²) in [5.74, 6) is 0.869. The summed E-state index contributed by atoms with van der Waals surface area (Å²) in [6, 6.07) is 5.89. The Morgan fingerprint density at radius 3 is 2.61 bits per heavy atom. The molecule has 0 radical (unpaired) electrons. The van der Waals surface area contributed by atoms with Gasteiger partial charge in [-0.2, -0.15) is 0 Å². The molecule has 0 aromatic heterocycles. The summed E-state index contributed by atoms with van der Waals surface area (Å²) in [7, 11) is 1.63. The Morgan fingerprint density at radius 2 is 1.94 bits per heavy atom. The lowest BCUT2D eigenvalue weighted by molar-refractivity contribution is 0.102. The van der Waals surface area contributed by atoms with Gasteiger partial charge in [0.2, 0.25) is 0 Å². The van der Waals surface area contributed by atoms with Crippen molar-refractivity contribution in [1.29, 1.82) is 0 Å². The lowest BCUT2D eigenvalue weighted by Crippen LogP contribution is -2.28. The van der Waals surface area contributed by atoms with Crippen molar-refractivity contribution >= 4 is 5.78 Å². The lowest BCUT2D eigenvalue weighted by Gasteiger charge is -2.34. The molecule has 0 amide bonds. The number of allylic oxidation sites excluding steroid dienone is 1. The van der Waals surface area contributed by atoms with Crippen LogP contribution in [0, 0.1) is 0 Å². The van der Waals surface area contributed by atoms with Gasteiger partial charge in [-0.3, -0.25) is 4.79 Å². The minimum absolute atomic E-state index is 0.0725. The third-order valence-corrected chi connectivity index (χ3v) is 4.55. The van der Waals surface area contributed by atoms with Crippen LogP contribution < -0.4 is 4.74 Å². The normalized spacial score (nSPS) is 21.2. The average molecular weight is 242 g/mol. The molecule has 2 aliphatic rings. The molecule has 2 aliphatic carbocycles. The van der Waals surface area contributed by atoms with E-state index in [9.17, 15) is 4.79 Å². The molecule has 0 bridgehead atoms. The van der Waals surface area contributed by atoms with Crippen LogP contribution in [0.25, 0.3) is 0 Å². The number of ketones is 1. The summed E-state index contributed by atoms with van der Waals surface area (Å²) in [6.45, 7) is 4.09. The zero-order chi connectivity index (χ0) is 12.8. The van der Waals surface area contributed by atoms with Crippen molar-refractivity contribution < 1.29 is 9.53 Å². The largest absolute Gasteiger partial charge is 0.497 e. The molecule has 1 aromatic rings. The van der Waals surface area contributed by atoms with Crippen molar-refractivity contribution in [3.8, 4) is 5.75 Å². The van der Waals surface area contributed by atoms with Crippen molar-refractivity contribution in [3.05, 3.63) is 41.5 Å².